The lowest BCUT2D eigenvalue weighted by Crippen LogP contribution is -2.25. The van der Waals surface area contributed by atoms with Crippen LogP contribution in [0.2, 0.25) is 0 Å². The van der Waals surface area contributed by atoms with E-state index in [1.54, 1.807) is 7.11 Å². The highest BCUT2D eigenvalue weighted by Crippen LogP contribution is 2.14. The summed E-state index contributed by atoms with van der Waals surface area (Å²) in [6.45, 7) is 0.544. The maximum Gasteiger partial charge on any atom is 0.251 e. The van der Waals surface area contributed by atoms with Gasteiger partial charge < -0.3 is 10.1 Å². The summed E-state index contributed by atoms with van der Waals surface area (Å²) >= 11 is 0. The Morgan fingerprint density at radius 3 is 2.19 bits per heavy atom. The van der Waals surface area contributed by atoms with Gasteiger partial charge in [-0.25, -0.2) is 12.7 Å². The number of nitrogens with zero attached hydrogens (tertiary/aromatic N) is 1. The van der Waals surface area contributed by atoms with Crippen molar-refractivity contribution < 1.29 is 17.9 Å². The van der Waals surface area contributed by atoms with E-state index >= 15 is 0 Å². The molecule has 0 saturated heterocycles. The summed E-state index contributed by atoms with van der Waals surface area (Å²) in [6.07, 6.45) is 1.66. The van der Waals surface area contributed by atoms with Crippen LogP contribution in [-0.2, 0) is 16.4 Å². The molecule has 140 valence electrons. The number of rotatable bonds is 8. The Morgan fingerprint density at radius 1 is 1.04 bits per heavy atom. The van der Waals surface area contributed by atoms with E-state index < -0.39 is 10.0 Å². The molecule has 0 unspecified atom stereocenters. The monoisotopic (exact) mass is 376 g/mol. The van der Waals surface area contributed by atoms with Crippen molar-refractivity contribution in [2.24, 2.45) is 0 Å². The van der Waals surface area contributed by atoms with E-state index in [2.05, 4.69) is 5.32 Å². The van der Waals surface area contributed by atoms with Crippen molar-refractivity contribution in [2.45, 2.75) is 17.7 Å². The van der Waals surface area contributed by atoms with Crippen molar-refractivity contribution >= 4 is 15.9 Å². The molecular formula is C19H24N2O4S. The van der Waals surface area contributed by atoms with Crippen LogP contribution in [0.3, 0.4) is 0 Å². The summed E-state index contributed by atoms with van der Waals surface area (Å²) in [7, 11) is 1.09. The molecule has 2 rings (SSSR count). The number of ether oxygens (including phenoxy) is 1. The van der Waals surface area contributed by atoms with Crippen LogP contribution in [-0.4, -0.2) is 46.4 Å². The number of hydrogen-bond donors (Lipinski definition) is 1. The highest BCUT2D eigenvalue weighted by Gasteiger charge is 2.17. The number of methoxy groups -OCH3 is 1. The Balaban J connectivity index is 1.84. The first-order chi connectivity index (χ1) is 12.3. The lowest BCUT2D eigenvalue weighted by Gasteiger charge is -2.11. The molecule has 0 bridgehead atoms. The molecule has 7 heteroatoms. The quantitative estimate of drug-likeness (QED) is 0.718. The van der Waals surface area contributed by atoms with Crippen LogP contribution in [0.1, 0.15) is 22.3 Å². The van der Waals surface area contributed by atoms with Crippen LogP contribution >= 0.6 is 0 Å². The Bertz CT molecular complexity index is 829. The second kappa shape index (κ2) is 8.82. The average Bonchev–Trinajstić information content (AvgIpc) is 2.65. The minimum absolute atomic E-state index is 0.165. The van der Waals surface area contributed by atoms with Gasteiger partial charge in [0.25, 0.3) is 5.91 Å². The van der Waals surface area contributed by atoms with Crippen molar-refractivity contribution in [1.29, 1.82) is 0 Å². The molecule has 0 aliphatic rings. The lowest BCUT2D eigenvalue weighted by molar-refractivity contribution is 0.0953. The molecule has 0 spiro atoms. The van der Waals surface area contributed by atoms with E-state index in [9.17, 15) is 13.2 Å². The minimum atomic E-state index is -3.48. The topological polar surface area (TPSA) is 75.7 Å². The number of carbonyl (C=O) groups excluding carboxylic acids is 1. The van der Waals surface area contributed by atoms with Gasteiger partial charge >= 0.3 is 0 Å². The zero-order valence-corrected chi connectivity index (χ0v) is 16.0. The molecule has 0 aromatic heterocycles. The Kier molecular flexibility index (Phi) is 6.76. The van der Waals surface area contributed by atoms with Gasteiger partial charge in [-0.1, -0.05) is 12.1 Å². The van der Waals surface area contributed by atoms with Crippen LogP contribution in [0.15, 0.2) is 53.4 Å². The van der Waals surface area contributed by atoms with Crippen LogP contribution in [0.25, 0.3) is 0 Å². The minimum Gasteiger partial charge on any atom is -0.497 e. The Morgan fingerprint density at radius 2 is 1.65 bits per heavy atom. The second-order valence-electron chi connectivity index (χ2n) is 6.02. The number of nitrogens with one attached hydrogen (secondary N) is 1. The summed E-state index contributed by atoms with van der Waals surface area (Å²) in [5.41, 5.74) is 1.62. The maximum absolute atomic E-state index is 12.1. The predicted octanol–water partition coefficient (Wildman–Crippen LogP) is 2.31. The first-order valence-corrected chi connectivity index (χ1v) is 9.72. The van der Waals surface area contributed by atoms with Gasteiger partial charge in [-0.15, -0.1) is 0 Å². The zero-order chi connectivity index (χ0) is 19.2. The van der Waals surface area contributed by atoms with Gasteiger partial charge in [0, 0.05) is 26.2 Å². The molecule has 0 atom stereocenters. The van der Waals surface area contributed by atoms with Crippen molar-refractivity contribution in [3.8, 4) is 5.75 Å². The van der Waals surface area contributed by atoms with Crippen molar-refractivity contribution in [2.75, 3.05) is 27.7 Å². The number of aryl methyl sites for hydroxylation is 1. The van der Waals surface area contributed by atoms with Gasteiger partial charge in [0.1, 0.15) is 5.75 Å². The van der Waals surface area contributed by atoms with Crippen molar-refractivity contribution in [1.82, 2.24) is 9.62 Å². The van der Waals surface area contributed by atoms with Gasteiger partial charge in [-0.05, 0) is 54.8 Å². The van der Waals surface area contributed by atoms with E-state index in [0.717, 1.165) is 22.9 Å². The zero-order valence-electron chi connectivity index (χ0n) is 15.2. The first kappa shape index (κ1) is 19.9. The molecule has 26 heavy (non-hydrogen) atoms. The predicted molar refractivity (Wildman–Crippen MR) is 101 cm³/mol. The molecule has 2 aromatic carbocycles. The third-order valence-electron chi connectivity index (χ3n) is 3.98. The number of carbonyl (C=O) groups is 1. The molecule has 0 radical (unpaired) electrons. The van der Waals surface area contributed by atoms with Crippen molar-refractivity contribution in [3.63, 3.8) is 0 Å². The van der Waals surface area contributed by atoms with Gasteiger partial charge in [0.05, 0.1) is 12.0 Å². The van der Waals surface area contributed by atoms with Gasteiger partial charge in [0.15, 0.2) is 0 Å². The molecular weight excluding hydrogens is 352 g/mol. The summed E-state index contributed by atoms with van der Waals surface area (Å²) in [6, 6.07) is 13.8. The summed E-state index contributed by atoms with van der Waals surface area (Å²) in [5, 5.41) is 2.85. The molecule has 0 aliphatic carbocycles. The molecule has 6 nitrogen and oxygen atoms in total. The lowest BCUT2D eigenvalue weighted by atomic mass is 10.1. The van der Waals surface area contributed by atoms with E-state index in [4.69, 9.17) is 4.74 Å². The molecule has 1 N–H and O–H groups in total. The Labute approximate surface area is 154 Å². The van der Waals surface area contributed by atoms with Crippen LogP contribution in [0.4, 0.5) is 0 Å². The molecule has 2 aromatic rings. The summed E-state index contributed by atoms with van der Waals surface area (Å²) < 4.78 is 30.3. The van der Waals surface area contributed by atoms with Crippen LogP contribution < -0.4 is 10.1 Å². The van der Waals surface area contributed by atoms with Gasteiger partial charge in [-0.2, -0.15) is 0 Å². The number of hydrogen-bond acceptors (Lipinski definition) is 4. The molecule has 0 fully saturated rings. The average molecular weight is 376 g/mol. The van der Waals surface area contributed by atoms with Gasteiger partial charge in [-0.3, -0.25) is 4.79 Å². The fraction of sp³-hybridized carbons (Fsp3) is 0.316. The van der Waals surface area contributed by atoms with Crippen LogP contribution in [0, 0.1) is 0 Å². The van der Waals surface area contributed by atoms with Crippen LogP contribution in [0.5, 0.6) is 5.75 Å². The molecule has 0 aliphatic heterocycles. The Hall–Kier alpha value is -2.38. The highest BCUT2D eigenvalue weighted by atomic mass is 32.2. The third kappa shape index (κ3) is 5.06. The van der Waals surface area contributed by atoms with E-state index in [0.29, 0.717) is 12.1 Å². The van der Waals surface area contributed by atoms with E-state index in [-0.39, 0.29) is 10.8 Å². The van der Waals surface area contributed by atoms with Gasteiger partial charge in [0.2, 0.25) is 10.0 Å². The molecule has 1 amide bonds. The van der Waals surface area contributed by atoms with Crippen molar-refractivity contribution in [3.05, 3.63) is 59.7 Å². The van der Waals surface area contributed by atoms with E-state index in [1.165, 1.54) is 43.9 Å². The fourth-order valence-electron chi connectivity index (χ4n) is 2.38. The first-order valence-electron chi connectivity index (χ1n) is 8.28. The smallest absolute Gasteiger partial charge is 0.251 e. The largest absolute Gasteiger partial charge is 0.497 e. The normalized spacial score (nSPS) is 11.4. The molecule has 0 saturated carbocycles. The summed E-state index contributed by atoms with van der Waals surface area (Å²) in [5.74, 6) is 0.607. The fourth-order valence-corrected chi connectivity index (χ4v) is 3.28. The number of benzene rings is 2. The highest BCUT2D eigenvalue weighted by molar-refractivity contribution is 7.89. The number of sulfonamides is 1. The SMILES string of the molecule is COc1ccc(CCCNC(=O)c2ccc(S(=O)(=O)N(C)C)cc2)cc1. The maximum atomic E-state index is 12.1. The van der Waals surface area contributed by atoms with E-state index in [1.807, 2.05) is 24.3 Å². The summed E-state index contributed by atoms with van der Waals surface area (Å²) in [4.78, 5) is 12.3. The standard InChI is InChI=1S/C19H24N2O4S/c1-21(2)26(23,24)18-12-8-16(9-13-18)19(22)20-14-4-5-15-6-10-17(25-3)11-7-15/h6-13H,4-5,14H2,1-3H3,(H,20,22). The number of amides is 1. The third-order valence-corrected chi connectivity index (χ3v) is 5.81. The second-order valence-corrected chi connectivity index (χ2v) is 8.17. The molecule has 0 heterocycles.